The van der Waals surface area contributed by atoms with E-state index in [9.17, 15) is 4.79 Å². The van der Waals surface area contributed by atoms with Gasteiger partial charge in [0.2, 0.25) is 0 Å². The van der Waals surface area contributed by atoms with Crippen LogP contribution in [-0.2, 0) is 9.47 Å². The Morgan fingerprint density at radius 3 is 3.00 bits per heavy atom. The van der Waals surface area contributed by atoms with Gasteiger partial charge in [-0.3, -0.25) is 0 Å². The highest BCUT2D eigenvalue weighted by Gasteiger charge is 1.95. The van der Waals surface area contributed by atoms with E-state index < -0.39 is 6.09 Å². The minimum atomic E-state index is -0.498. The van der Waals surface area contributed by atoms with Crippen molar-refractivity contribution in [2.75, 3.05) is 20.4 Å². The molecular formula is C6H11NO3. The van der Waals surface area contributed by atoms with E-state index in [2.05, 4.69) is 21.4 Å². The highest BCUT2D eigenvalue weighted by Crippen LogP contribution is 1.76. The van der Waals surface area contributed by atoms with E-state index in [0.29, 0.717) is 6.54 Å². The summed E-state index contributed by atoms with van der Waals surface area (Å²) >= 11 is 0. The summed E-state index contributed by atoms with van der Waals surface area (Å²) in [6, 6.07) is 0. The SMILES string of the molecule is C=CCNC(=O)OCOC. The molecule has 0 aliphatic carbocycles. The summed E-state index contributed by atoms with van der Waals surface area (Å²) < 4.78 is 8.96. The van der Waals surface area contributed by atoms with Crippen molar-refractivity contribution in [1.29, 1.82) is 0 Å². The second-order valence-corrected chi connectivity index (χ2v) is 1.51. The molecule has 0 atom stereocenters. The first-order valence-corrected chi connectivity index (χ1v) is 2.81. The van der Waals surface area contributed by atoms with Crippen LogP contribution < -0.4 is 5.32 Å². The Balaban J connectivity index is 3.16. The number of hydrogen-bond acceptors (Lipinski definition) is 3. The Labute approximate surface area is 59.8 Å². The van der Waals surface area contributed by atoms with E-state index in [0.717, 1.165) is 0 Å². The number of rotatable bonds is 4. The number of alkyl carbamates (subject to hydrolysis) is 1. The molecule has 58 valence electrons. The van der Waals surface area contributed by atoms with Gasteiger partial charge in [-0.2, -0.15) is 0 Å². The third kappa shape index (κ3) is 5.11. The summed E-state index contributed by atoms with van der Waals surface area (Å²) in [5, 5.41) is 2.41. The first-order chi connectivity index (χ1) is 4.81. The van der Waals surface area contributed by atoms with Crippen LogP contribution in [0.25, 0.3) is 0 Å². The number of amides is 1. The van der Waals surface area contributed by atoms with Gasteiger partial charge < -0.3 is 14.8 Å². The van der Waals surface area contributed by atoms with Crippen molar-refractivity contribution in [2.24, 2.45) is 0 Å². The lowest BCUT2D eigenvalue weighted by Gasteiger charge is -2.02. The molecule has 0 aromatic carbocycles. The lowest BCUT2D eigenvalue weighted by atomic mass is 10.6. The highest BCUT2D eigenvalue weighted by atomic mass is 16.7. The molecule has 4 nitrogen and oxygen atoms in total. The fraction of sp³-hybridized carbons (Fsp3) is 0.500. The Bertz CT molecular complexity index is 114. The first-order valence-electron chi connectivity index (χ1n) is 2.81. The number of carbonyl (C=O) groups is 1. The summed E-state index contributed by atoms with van der Waals surface area (Å²) in [6.07, 6.45) is 1.07. The second kappa shape index (κ2) is 6.10. The van der Waals surface area contributed by atoms with Crippen LogP contribution in [0.3, 0.4) is 0 Å². The summed E-state index contributed by atoms with van der Waals surface area (Å²) in [4.78, 5) is 10.5. The predicted molar refractivity (Wildman–Crippen MR) is 36.6 cm³/mol. The Morgan fingerprint density at radius 2 is 2.50 bits per heavy atom. The van der Waals surface area contributed by atoms with E-state index in [-0.39, 0.29) is 6.79 Å². The van der Waals surface area contributed by atoms with Gasteiger partial charge in [0.1, 0.15) is 0 Å². The third-order valence-electron chi connectivity index (χ3n) is 0.699. The van der Waals surface area contributed by atoms with Crippen LogP contribution in [0, 0.1) is 0 Å². The quantitative estimate of drug-likeness (QED) is 0.463. The van der Waals surface area contributed by atoms with Crippen molar-refractivity contribution in [3.63, 3.8) is 0 Å². The zero-order valence-corrected chi connectivity index (χ0v) is 5.92. The van der Waals surface area contributed by atoms with Gasteiger partial charge in [-0.25, -0.2) is 4.79 Å². The highest BCUT2D eigenvalue weighted by molar-refractivity contribution is 5.67. The second-order valence-electron chi connectivity index (χ2n) is 1.51. The molecule has 0 unspecified atom stereocenters. The largest absolute Gasteiger partial charge is 0.422 e. The van der Waals surface area contributed by atoms with Gasteiger partial charge in [0.05, 0.1) is 0 Å². The number of nitrogens with one attached hydrogen (secondary N) is 1. The van der Waals surface area contributed by atoms with Gasteiger partial charge in [0, 0.05) is 13.7 Å². The van der Waals surface area contributed by atoms with Gasteiger partial charge in [0.25, 0.3) is 0 Å². The lowest BCUT2D eigenvalue weighted by Crippen LogP contribution is -2.24. The molecule has 0 radical (unpaired) electrons. The molecule has 0 aromatic rings. The topological polar surface area (TPSA) is 47.6 Å². The molecule has 10 heavy (non-hydrogen) atoms. The molecule has 1 N–H and O–H groups in total. The van der Waals surface area contributed by atoms with Crippen molar-refractivity contribution in [2.45, 2.75) is 0 Å². The van der Waals surface area contributed by atoms with Crippen molar-refractivity contribution >= 4 is 6.09 Å². The van der Waals surface area contributed by atoms with Crippen molar-refractivity contribution in [1.82, 2.24) is 5.32 Å². The molecule has 0 spiro atoms. The number of carbonyl (C=O) groups excluding carboxylic acids is 1. The van der Waals surface area contributed by atoms with Gasteiger partial charge >= 0.3 is 6.09 Å². The molecule has 0 saturated carbocycles. The normalized spacial score (nSPS) is 8.50. The predicted octanol–water partition coefficient (Wildman–Crippen LogP) is 0.502. The number of ether oxygens (including phenoxy) is 2. The standard InChI is InChI=1S/C6H11NO3/c1-3-4-7-6(8)10-5-9-2/h3H,1,4-5H2,2H3,(H,7,8). The zero-order chi connectivity index (χ0) is 7.82. The molecular weight excluding hydrogens is 134 g/mol. The molecule has 0 heterocycles. The number of methoxy groups -OCH3 is 1. The summed E-state index contributed by atoms with van der Waals surface area (Å²) in [5.41, 5.74) is 0. The summed E-state index contributed by atoms with van der Waals surface area (Å²) in [5.74, 6) is 0. The number of hydrogen-bond donors (Lipinski definition) is 1. The van der Waals surface area contributed by atoms with Gasteiger partial charge in [0.15, 0.2) is 6.79 Å². The molecule has 0 saturated heterocycles. The van der Waals surface area contributed by atoms with Crippen LogP contribution in [-0.4, -0.2) is 26.5 Å². The maximum Gasteiger partial charge on any atom is 0.409 e. The molecule has 0 aliphatic rings. The van der Waals surface area contributed by atoms with E-state index in [1.54, 1.807) is 6.08 Å². The van der Waals surface area contributed by atoms with Crippen LogP contribution in [0.15, 0.2) is 12.7 Å². The minimum absolute atomic E-state index is 0.0248. The average Bonchev–Trinajstić information content (AvgIpc) is 1.97. The fourth-order valence-corrected chi connectivity index (χ4v) is 0.319. The third-order valence-corrected chi connectivity index (χ3v) is 0.699. The van der Waals surface area contributed by atoms with Crippen LogP contribution in [0.4, 0.5) is 4.79 Å². The van der Waals surface area contributed by atoms with Gasteiger partial charge in [-0.15, -0.1) is 6.58 Å². The monoisotopic (exact) mass is 145 g/mol. The molecule has 0 fully saturated rings. The molecule has 4 heteroatoms. The maximum absolute atomic E-state index is 10.5. The van der Waals surface area contributed by atoms with Crippen LogP contribution >= 0.6 is 0 Å². The molecule has 0 aromatic heterocycles. The Hall–Kier alpha value is -1.03. The molecule has 0 rings (SSSR count). The smallest absolute Gasteiger partial charge is 0.409 e. The van der Waals surface area contributed by atoms with Crippen LogP contribution in [0.1, 0.15) is 0 Å². The Morgan fingerprint density at radius 1 is 1.80 bits per heavy atom. The summed E-state index contributed by atoms with van der Waals surface area (Å²) in [6.45, 7) is 3.79. The van der Waals surface area contributed by atoms with Gasteiger partial charge in [-0.05, 0) is 0 Å². The van der Waals surface area contributed by atoms with Crippen molar-refractivity contribution < 1.29 is 14.3 Å². The molecule has 0 aliphatic heterocycles. The van der Waals surface area contributed by atoms with E-state index >= 15 is 0 Å². The van der Waals surface area contributed by atoms with E-state index in [4.69, 9.17) is 0 Å². The van der Waals surface area contributed by atoms with Crippen LogP contribution in [0.2, 0.25) is 0 Å². The van der Waals surface area contributed by atoms with E-state index in [1.807, 2.05) is 0 Å². The average molecular weight is 145 g/mol. The lowest BCUT2D eigenvalue weighted by molar-refractivity contribution is 0.0124. The fourth-order valence-electron chi connectivity index (χ4n) is 0.319. The Kier molecular flexibility index (Phi) is 5.47. The van der Waals surface area contributed by atoms with Crippen molar-refractivity contribution in [3.8, 4) is 0 Å². The summed E-state index contributed by atoms with van der Waals surface area (Å²) in [7, 11) is 1.45. The molecule has 0 bridgehead atoms. The van der Waals surface area contributed by atoms with E-state index in [1.165, 1.54) is 7.11 Å². The minimum Gasteiger partial charge on any atom is -0.422 e. The van der Waals surface area contributed by atoms with Crippen molar-refractivity contribution in [3.05, 3.63) is 12.7 Å². The maximum atomic E-state index is 10.5. The van der Waals surface area contributed by atoms with Gasteiger partial charge in [-0.1, -0.05) is 6.08 Å². The molecule has 1 amide bonds. The van der Waals surface area contributed by atoms with Crippen LogP contribution in [0.5, 0.6) is 0 Å². The zero-order valence-electron chi connectivity index (χ0n) is 5.92. The first kappa shape index (κ1) is 8.97.